The number of benzene rings is 1. The Morgan fingerprint density at radius 3 is 2.71 bits per heavy atom. The van der Waals surface area contributed by atoms with Crippen molar-refractivity contribution in [3.05, 3.63) is 28.2 Å². The second-order valence-electron chi connectivity index (χ2n) is 2.67. The molecule has 5 heteroatoms. The molecule has 0 aromatic heterocycles. The van der Waals surface area contributed by atoms with E-state index < -0.39 is 6.04 Å². The number of nitrogens with zero attached hydrogens (tertiary/aromatic N) is 1. The molecule has 0 radical (unpaired) electrons. The summed E-state index contributed by atoms with van der Waals surface area (Å²) in [5.74, 6) is 0.122. The molecular formula is C9H10BrClN2O. The summed E-state index contributed by atoms with van der Waals surface area (Å²) in [4.78, 5) is 0. The van der Waals surface area contributed by atoms with E-state index >= 15 is 0 Å². The lowest BCUT2D eigenvalue weighted by molar-refractivity contribution is 0.461. The topological polar surface area (TPSA) is 70.0 Å². The van der Waals surface area contributed by atoms with Crippen LogP contribution in [0, 0.1) is 11.3 Å². The smallest absolute Gasteiger partial charge is 0.121 e. The fourth-order valence-electron chi connectivity index (χ4n) is 1.04. The van der Waals surface area contributed by atoms with Crippen molar-refractivity contribution in [1.29, 1.82) is 5.26 Å². The lowest BCUT2D eigenvalue weighted by Crippen LogP contribution is -2.09. The van der Waals surface area contributed by atoms with Gasteiger partial charge in [0.25, 0.3) is 0 Å². The van der Waals surface area contributed by atoms with Gasteiger partial charge in [0, 0.05) is 16.1 Å². The SMILES string of the molecule is Cl.N#CC[C@H](N)c1ccc(Br)cc1O. The summed E-state index contributed by atoms with van der Waals surface area (Å²) in [6.07, 6.45) is 0.204. The Morgan fingerprint density at radius 1 is 1.57 bits per heavy atom. The van der Waals surface area contributed by atoms with Crippen LogP contribution in [0.25, 0.3) is 0 Å². The quantitative estimate of drug-likeness (QED) is 0.872. The summed E-state index contributed by atoms with van der Waals surface area (Å²) in [6.45, 7) is 0. The zero-order chi connectivity index (χ0) is 9.84. The summed E-state index contributed by atoms with van der Waals surface area (Å²) in [6, 6.07) is 6.60. The number of hydrogen-bond acceptors (Lipinski definition) is 3. The Hall–Kier alpha value is -0.760. The van der Waals surface area contributed by atoms with Crippen molar-refractivity contribution in [3.8, 4) is 11.8 Å². The largest absolute Gasteiger partial charge is 0.508 e. The molecule has 0 unspecified atom stereocenters. The van der Waals surface area contributed by atoms with Crippen LogP contribution in [-0.2, 0) is 0 Å². The monoisotopic (exact) mass is 276 g/mol. The fourth-order valence-corrected chi connectivity index (χ4v) is 1.39. The normalized spacial score (nSPS) is 11.2. The van der Waals surface area contributed by atoms with Crippen LogP contribution in [0.4, 0.5) is 0 Å². The number of hydrogen-bond donors (Lipinski definition) is 2. The molecule has 0 heterocycles. The standard InChI is InChI=1S/C9H9BrN2O.ClH/c10-6-1-2-7(9(13)5-6)8(12)3-4-11;/h1-2,5,8,13H,3,12H2;1H/t8-;/m0./s1. The minimum atomic E-state index is -0.418. The zero-order valence-corrected chi connectivity index (χ0v) is 9.68. The maximum Gasteiger partial charge on any atom is 0.121 e. The second kappa shape index (κ2) is 5.86. The molecule has 0 amide bonds. The van der Waals surface area contributed by atoms with Crippen LogP contribution >= 0.6 is 28.3 Å². The minimum absolute atomic E-state index is 0. The third-order valence-electron chi connectivity index (χ3n) is 1.70. The Labute approximate surface area is 97.1 Å². The van der Waals surface area contributed by atoms with Gasteiger partial charge in [0.05, 0.1) is 12.5 Å². The van der Waals surface area contributed by atoms with Gasteiger partial charge in [0.1, 0.15) is 5.75 Å². The van der Waals surface area contributed by atoms with Gasteiger partial charge in [-0.05, 0) is 12.1 Å². The van der Waals surface area contributed by atoms with Gasteiger partial charge in [-0.2, -0.15) is 5.26 Å². The van der Waals surface area contributed by atoms with Crippen molar-refractivity contribution in [2.75, 3.05) is 0 Å². The number of nitrogens with two attached hydrogens (primary N) is 1. The maximum absolute atomic E-state index is 9.47. The third-order valence-corrected chi connectivity index (χ3v) is 2.20. The van der Waals surface area contributed by atoms with E-state index in [1.165, 1.54) is 0 Å². The molecule has 76 valence electrons. The third kappa shape index (κ3) is 3.18. The Morgan fingerprint density at radius 2 is 2.21 bits per heavy atom. The van der Waals surface area contributed by atoms with E-state index in [1.54, 1.807) is 18.2 Å². The molecule has 3 N–H and O–H groups in total. The highest BCUT2D eigenvalue weighted by molar-refractivity contribution is 9.10. The molecule has 0 aliphatic carbocycles. The fraction of sp³-hybridized carbons (Fsp3) is 0.222. The Kier molecular flexibility index (Phi) is 5.55. The van der Waals surface area contributed by atoms with Crippen LogP contribution < -0.4 is 5.73 Å². The average molecular weight is 278 g/mol. The van der Waals surface area contributed by atoms with E-state index in [0.29, 0.717) is 5.56 Å². The van der Waals surface area contributed by atoms with E-state index in [9.17, 15) is 5.11 Å². The van der Waals surface area contributed by atoms with E-state index in [1.807, 2.05) is 6.07 Å². The van der Waals surface area contributed by atoms with Crippen LogP contribution in [0.5, 0.6) is 5.75 Å². The van der Waals surface area contributed by atoms with Gasteiger partial charge in [0.15, 0.2) is 0 Å². The van der Waals surface area contributed by atoms with Crippen molar-refractivity contribution in [2.24, 2.45) is 5.73 Å². The highest BCUT2D eigenvalue weighted by Gasteiger charge is 2.09. The first kappa shape index (κ1) is 13.2. The molecule has 0 bridgehead atoms. The number of nitriles is 1. The number of phenolic OH excluding ortho intramolecular Hbond substituents is 1. The molecule has 0 fully saturated rings. The van der Waals surface area contributed by atoms with Gasteiger partial charge < -0.3 is 10.8 Å². The maximum atomic E-state index is 9.47. The molecule has 0 saturated heterocycles. The van der Waals surface area contributed by atoms with Gasteiger partial charge in [-0.25, -0.2) is 0 Å². The first-order chi connectivity index (χ1) is 6.15. The summed E-state index contributed by atoms with van der Waals surface area (Å²) in [7, 11) is 0. The first-order valence-electron chi connectivity index (χ1n) is 3.76. The van der Waals surface area contributed by atoms with E-state index in [-0.39, 0.29) is 24.6 Å². The van der Waals surface area contributed by atoms with Crippen molar-refractivity contribution < 1.29 is 5.11 Å². The number of phenols is 1. The van der Waals surface area contributed by atoms with E-state index in [4.69, 9.17) is 11.0 Å². The Balaban J connectivity index is 0.00000169. The van der Waals surface area contributed by atoms with Gasteiger partial charge >= 0.3 is 0 Å². The predicted molar refractivity (Wildman–Crippen MR) is 60.2 cm³/mol. The molecule has 0 aliphatic heterocycles. The highest BCUT2D eigenvalue weighted by Crippen LogP contribution is 2.27. The summed E-state index contributed by atoms with van der Waals surface area (Å²) in [5.41, 5.74) is 6.26. The molecule has 1 rings (SSSR count). The zero-order valence-electron chi connectivity index (χ0n) is 7.27. The van der Waals surface area contributed by atoms with Crippen molar-refractivity contribution >= 4 is 28.3 Å². The number of halogens is 2. The van der Waals surface area contributed by atoms with E-state index in [0.717, 1.165) is 4.47 Å². The molecule has 1 atom stereocenters. The molecule has 1 aromatic rings. The highest BCUT2D eigenvalue weighted by atomic mass is 79.9. The summed E-state index contributed by atoms with van der Waals surface area (Å²) >= 11 is 3.22. The Bertz CT molecular complexity index is 351. The number of rotatable bonds is 2. The van der Waals surface area contributed by atoms with Crippen LogP contribution in [0.1, 0.15) is 18.0 Å². The second-order valence-corrected chi connectivity index (χ2v) is 3.59. The van der Waals surface area contributed by atoms with Crippen molar-refractivity contribution in [3.63, 3.8) is 0 Å². The summed E-state index contributed by atoms with van der Waals surface area (Å²) in [5, 5.41) is 17.9. The minimum Gasteiger partial charge on any atom is -0.508 e. The van der Waals surface area contributed by atoms with Crippen molar-refractivity contribution in [2.45, 2.75) is 12.5 Å². The van der Waals surface area contributed by atoms with Gasteiger partial charge in [-0.1, -0.05) is 22.0 Å². The molecule has 3 nitrogen and oxygen atoms in total. The first-order valence-corrected chi connectivity index (χ1v) is 4.55. The van der Waals surface area contributed by atoms with Crippen LogP contribution in [-0.4, -0.2) is 5.11 Å². The van der Waals surface area contributed by atoms with Crippen LogP contribution in [0.15, 0.2) is 22.7 Å². The lowest BCUT2D eigenvalue weighted by atomic mass is 10.0. The molecule has 0 saturated carbocycles. The van der Waals surface area contributed by atoms with Crippen LogP contribution in [0.2, 0.25) is 0 Å². The van der Waals surface area contributed by atoms with E-state index in [2.05, 4.69) is 15.9 Å². The van der Waals surface area contributed by atoms with Gasteiger partial charge in [-0.3, -0.25) is 0 Å². The molecule has 0 aliphatic rings. The molecule has 1 aromatic carbocycles. The molecule has 14 heavy (non-hydrogen) atoms. The lowest BCUT2D eigenvalue weighted by Gasteiger charge is -2.09. The predicted octanol–water partition coefficient (Wildman–Crippen LogP) is 2.49. The van der Waals surface area contributed by atoms with Gasteiger partial charge in [0.2, 0.25) is 0 Å². The molecular weight excluding hydrogens is 267 g/mol. The summed E-state index contributed by atoms with van der Waals surface area (Å²) < 4.78 is 0.790. The molecule has 0 spiro atoms. The average Bonchev–Trinajstić information content (AvgIpc) is 2.04. The van der Waals surface area contributed by atoms with Gasteiger partial charge in [-0.15, -0.1) is 12.4 Å². The van der Waals surface area contributed by atoms with Crippen LogP contribution in [0.3, 0.4) is 0 Å². The number of aromatic hydroxyl groups is 1. The van der Waals surface area contributed by atoms with Crippen molar-refractivity contribution in [1.82, 2.24) is 0 Å².